The number of nitrogens with one attached hydrogen (secondary N) is 1. The molecule has 7 heteroatoms. The van der Waals surface area contributed by atoms with Gasteiger partial charge < -0.3 is 23.9 Å². The summed E-state index contributed by atoms with van der Waals surface area (Å²) in [6.07, 6.45) is 0.569. The molecular formula is C19H23NO6. The van der Waals surface area contributed by atoms with E-state index < -0.39 is 11.9 Å². The molecule has 1 N–H and O–H groups in total. The maximum absolute atomic E-state index is 12.3. The molecule has 0 saturated carbocycles. The lowest BCUT2D eigenvalue weighted by atomic mass is 10.1. The Labute approximate surface area is 152 Å². The van der Waals surface area contributed by atoms with Crippen LogP contribution in [0.2, 0.25) is 0 Å². The van der Waals surface area contributed by atoms with Crippen molar-refractivity contribution in [3.63, 3.8) is 0 Å². The second-order valence-corrected chi connectivity index (χ2v) is 5.48. The molecular weight excluding hydrogens is 338 g/mol. The van der Waals surface area contributed by atoms with E-state index in [4.69, 9.17) is 18.9 Å². The van der Waals surface area contributed by atoms with Crippen molar-refractivity contribution in [2.24, 2.45) is 0 Å². The molecule has 0 bridgehead atoms. The zero-order valence-corrected chi connectivity index (χ0v) is 15.4. The number of carbonyl (C=O) groups excluding carboxylic acids is 2. The van der Waals surface area contributed by atoms with Crippen LogP contribution in [0.5, 0.6) is 11.5 Å². The molecule has 140 valence electrons. The molecule has 2 rings (SSSR count). The van der Waals surface area contributed by atoms with E-state index in [9.17, 15) is 9.59 Å². The van der Waals surface area contributed by atoms with Gasteiger partial charge in [0.05, 0.1) is 19.8 Å². The van der Waals surface area contributed by atoms with Gasteiger partial charge >= 0.3 is 11.9 Å². The molecule has 0 aliphatic heterocycles. The van der Waals surface area contributed by atoms with E-state index in [0.717, 1.165) is 5.75 Å². The molecule has 1 heterocycles. The molecule has 0 radical (unpaired) electrons. The van der Waals surface area contributed by atoms with Gasteiger partial charge in [0.1, 0.15) is 30.4 Å². The molecule has 0 fully saturated rings. The zero-order valence-electron chi connectivity index (χ0n) is 15.4. The highest BCUT2D eigenvalue weighted by Gasteiger charge is 2.24. The monoisotopic (exact) mass is 361 g/mol. The normalized spacial score (nSPS) is 10.3. The van der Waals surface area contributed by atoms with E-state index in [1.807, 2.05) is 6.92 Å². The SMILES string of the molecule is CCc1[nH]c(C(=O)OCCOc2ccc(OC)cc2)c(C)c1C(=O)OC. The molecule has 2 aromatic rings. The van der Waals surface area contributed by atoms with Crippen molar-refractivity contribution >= 4 is 11.9 Å². The van der Waals surface area contributed by atoms with Crippen molar-refractivity contribution < 1.29 is 28.5 Å². The number of carbonyl (C=O) groups is 2. The first-order chi connectivity index (χ1) is 12.5. The Morgan fingerprint density at radius 3 is 2.23 bits per heavy atom. The molecule has 0 spiro atoms. The first-order valence-corrected chi connectivity index (χ1v) is 8.25. The molecule has 0 aliphatic carbocycles. The number of rotatable bonds is 8. The van der Waals surface area contributed by atoms with Gasteiger partial charge in [-0.05, 0) is 43.2 Å². The van der Waals surface area contributed by atoms with Crippen molar-refractivity contribution in [2.45, 2.75) is 20.3 Å². The number of aryl methyl sites for hydroxylation is 1. The smallest absolute Gasteiger partial charge is 0.355 e. The van der Waals surface area contributed by atoms with Crippen molar-refractivity contribution in [1.29, 1.82) is 0 Å². The van der Waals surface area contributed by atoms with Gasteiger partial charge in [0.2, 0.25) is 0 Å². The molecule has 1 aromatic carbocycles. The van der Waals surface area contributed by atoms with Crippen molar-refractivity contribution in [3.8, 4) is 11.5 Å². The fourth-order valence-electron chi connectivity index (χ4n) is 2.54. The number of hydrogen-bond acceptors (Lipinski definition) is 6. The minimum atomic E-state index is -0.536. The van der Waals surface area contributed by atoms with E-state index in [1.54, 1.807) is 38.3 Å². The van der Waals surface area contributed by atoms with Gasteiger partial charge in [-0.3, -0.25) is 0 Å². The van der Waals surface area contributed by atoms with E-state index in [0.29, 0.717) is 29.0 Å². The molecule has 26 heavy (non-hydrogen) atoms. The number of aromatic nitrogens is 1. The second-order valence-electron chi connectivity index (χ2n) is 5.48. The average Bonchev–Trinajstić information content (AvgIpc) is 3.01. The van der Waals surface area contributed by atoms with Crippen LogP contribution >= 0.6 is 0 Å². The Morgan fingerprint density at radius 1 is 1.00 bits per heavy atom. The van der Waals surface area contributed by atoms with Gasteiger partial charge in [0, 0.05) is 5.69 Å². The maximum Gasteiger partial charge on any atom is 0.355 e. The van der Waals surface area contributed by atoms with Crippen LogP contribution in [0.4, 0.5) is 0 Å². The summed E-state index contributed by atoms with van der Waals surface area (Å²) in [5.41, 5.74) is 1.81. The Morgan fingerprint density at radius 2 is 1.65 bits per heavy atom. The first-order valence-electron chi connectivity index (χ1n) is 8.25. The van der Waals surface area contributed by atoms with Crippen LogP contribution < -0.4 is 9.47 Å². The number of methoxy groups -OCH3 is 2. The number of ether oxygens (including phenoxy) is 4. The lowest BCUT2D eigenvalue weighted by molar-refractivity contribution is 0.0443. The van der Waals surface area contributed by atoms with Crippen LogP contribution in [0.1, 0.15) is 39.0 Å². The molecule has 0 aliphatic rings. The summed E-state index contributed by atoms with van der Waals surface area (Å²) in [5, 5.41) is 0. The van der Waals surface area contributed by atoms with Gasteiger partial charge in [0.15, 0.2) is 0 Å². The Kier molecular flexibility index (Phi) is 6.66. The third-order valence-corrected chi connectivity index (χ3v) is 3.92. The van der Waals surface area contributed by atoms with Gasteiger partial charge in [-0.2, -0.15) is 0 Å². The fourth-order valence-corrected chi connectivity index (χ4v) is 2.54. The fraction of sp³-hybridized carbons (Fsp3) is 0.368. The highest BCUT2D eigenvalue weighted by molar-refractivity contribution is 5.98. The Balaban J connectivity index is 1.93. The summed E-state index contributed by atoms with van der Waals surface area (Å²) in [6.45, 7) is 3.86. The summed E-state index contributed by atoms with van der Waals surface area (Å²) in [4.78, 5) is 27.1. The lowest BCUT2D eigenvalue weighted by Gasteiger charge is -2.08. The van der Waals surface area contributed by atoms with Crippen molar-refractivity contribution in [2.75, 3.05) is 27.4 Å². The van der Waals surface area contributed by atoms with Crippen LogP contribution in [-0.2, 0) is 15.9 Å². The summed E-state index contributed by atoms with van der Waals surface area (Å²) in [6, 6.07) is 7.10. The van der Waals surface area contributed by atoms with Gasteiger partial charge in [-0.25, -0.2) is 9.59 Å². The van der Waals surface area contributed by atoms with Gasteiger partial charge in [-0.15, -0.1) is 0 Å². The zero-order chi connectivity index (χ0) is 19.1. The molecule has 1 aromatic heterocycles. The third-order valence-electron chi connectivity index (χ3n) is 3.92. The van der Waals surface area contributed by atoms with E-state index in [1.165, 1.54) is 7.11 Å². The Hall–Kier alpha value is -2.96. The van der Waals surface area contributed by atoms with Crippen molar-refractivity contribution in [1.82, 2.24) is 4.98 Å². The molecule has 0 unspecified atom stereocenters. The van der Waals surface area contributed by atoms with E-state index in [2.05, 4.69) is 4.98 Å². The topological polar surface area (TPSA) is 86.9 Å². The van der Waals surface area contributed by atoms with Crippen LogP contribution in [0.25, 0.3) is 0 Å². The number of H-pyrrole nitrogens is 1. The first kappa shape index (κ1) is 19.4. The minimum absolute atomic E-state index is 0.0817. The summed E-state index contributed by atoms with van der Waals surface area (Å²) in [5.74, 6) is 0.376. The maximum atomic E-state index is 12.3. The number of hydrogen-bond donors (Lipinski definition) is 1. The van der Waals surface area contributed by atoms with Crippen LogP contribution in [-0.4, -0.2) is 44.4 Å². The van der Waals surface area contributed by atoms with Gasteiger partial charge in [0.25, 0.3) is 0 Å². The van der Waals surface area contributed by atoms with E-state index in [-0.39, 0.29) is 18.9 Å². The second kappa shape index (κ2) is 8.94. The van der Waals surface area contributed by atoms with Crippen LogP contribution in [0, 0.1) is 6.92 Å². The van der Waals surface area contributed by atoms with Gasteiger partial charge in [-0.1, -0.05) is 6.92 Å². The standard InChI is InChI=1S/C19H23NO6/c1-5-15-16(18(21)24-4)12(2)17(20-15)19(22)26-11-10-25-14-8-6-13(23-3)7-9-14/h6-9,20H,5,10-11H2,1-4H3. The van der Waals surface area contributed by atoms with Crippen LogP contribution in [0.3, 0.4) is 0 Å². The van der Waals surface area contributed by atoms with Crippen molar-refractivity contribution in [3.05, 3.63) is 46.8 Å². The minimum Gasteiger partial charge on any atom is -0.497 e. The molecule has 0 amide bonds. The third kappa shape index (κ3) is 4.36. The quantitative estimate of drug-likeness (QED) is 0.575. The Bertz CT molecular complexity index is 763. The number of benzene rings is 1. The molecule has 0 saturated heterocycles. The predicted octanol–water partition coefficient (Wildman–Crippen LogP) is 2.92. The highest BCUT2D eigenvalue weighted by Crippen LogP contribution is 2.21. The lowest BCUT2D eigenvalue weighted by Crippen LogP contribution is -2.13. The highest BCUT2D eigenvalue weighted by atomic mass is 16.6. The predicted molar refractivity (Wildman–Crippen MR) is 95.0 cm³/mol. The molecule has 7 nitrogen and oxygen atoms in total. The summed E-state index contributed by atoms with van der Waals surface area (Å²) >= 11 is 0. The molecule has 0 atom stereocenters. The average molecular weight is 361 g/mol. The van der Waals surface area contributed by atoms with Crippen LogP contribution in [0.15, 0.2) is 24.3 Å². The summed E-state index contributed by atoms with van der Waals surface area (Å²) < 4.78 is 20.6. The number of aromatic amines is 1. The van der Waals surface area contributed by atoms with E-state index >= 15 is 0 Å². The summed E-state index contributed by atoms with van der Waals surface area (Å²) in [7, 11) is 2.90. The largest absolute Gasteiger partial charge is 0.497 e. The number of esters is 2.